The van der Waals surface area contributed by atoms with Crippen LogP contribution in [0.3, 0.4) is 0 Å². The number of hydrogen-bond donors (Lipinski definition) is 3. The largest absolute Gasteiger partial charge is 0.392 e. The zero-order valence-corrected chi connectivity index (χ0v) is 8.96. The molecule has 0 fully saturated rings. The van der Waals surface area contributed by atoms with Crippen LogP contribution in [0.1, 0.15) is 39.0 Å². The zero-order valence-electron chi connectivity index (χ0n) is 8.96. The van der Waals surface area contributed by atoms with Crippen LogP contribution < -0.4 is 11.1 Å². The molecule has 0 aromatic rings. The van der Waals surface area contributed by atoms with Gasteiger partial charge in [0.1, 0.15) is 0 Å². The monoisotopic (exact) mass is 202 g/mol. The van der Waals surface area contributed by atoms with Crippen molar-refractivity contribution in [3.63, 3.8) is 0 Å². The summed E-state index contributed by atoms with van der Waals surface area (Å²) >= 11 is 0. The molecule has 0 rings (SSSR count). The third kappa shape index (κ3) is 9.48. The van der Waals surface area contributed by atoms with Gasteiger partial charge in [-0.2, -0.15) is 0 Å². The minimum Gasteiger partial charge on any atom is -0.392 e. The van der Waals surface area contributed by atoms with Gasteiger partial charge in [0.25, 0.3) is 0 Å². The van der Waals surface area contributed by atoms with Gasteiger partial charge in [0.05, 0.1) is 6.10 Å². The lowest BCUT2D eigenvalue weighted by Crippen LogP contribution is -2.30. The van der Waals surface area contributed by atoms with Gasteiger partial charge in [-0.1, -0.05) is 12.8 Å². The molecule has 84 valence electrons. The molecule has 0 heterocycles. The third-order valence-electron chi connectivity index (χ3n) is 1.95. The van der Waals surface area contributed by atoms with Crippen molar-refractivity contribution in [3.05, 3.63) is 0 Å². The van der Waals surface area contributed by atoms with Crippen LogP contribution >= 0.6 is 0 Å². The van der Waals surface area contributed by atoms with E-state index < -0.39 is 6.10 Å². The van der Waals surface area contributed by atoms with Crippen molar-refractivity contribution < 1.29 is 9.90 Å². The molecular weight excluding hydrogens is 180 g/mol. The number of carbonyl (C=O) groups excluding carboxylic acids is 1. The molecule has 4 nitrogen and oxygen atoms in total. The number of aliphatic hydroxyl groups excluding tert-OH is 1. The normalized spacial score (nSPS) is 12.5. The van der Waals surface area contributed by atoms with Gasteiger partial charge in [-0.05, 0) is 26.3 Å². The molecule has 0 saturated carbocycles. The summed E-state index contributed by atoms with van der Waals surface area (Å²) in [6, 6.07) is 0. The summed E-state index contributed by atoms with van der Waals surface area (Å²) in [6.07, 6.45) is 4.19. The Morgan fingerprint density at radius 2 is 2.00 bits per heavy atom. The fraction of sp³-hybridized carbons (Fsp3) is 0.900. The maximum atomic E-state index is 11.1. The van der Waals surface area contributed by atoms with Gasteiger partial charge < -0.3 is 16.2 Å². The molecule has 0 aromatic carbocycles. The topological polar surface area (TPSA) is 75.3 Å². The Morgan fingerprint density at radius 3 is 2.57 bits per heavy atom. The number of hydrogen-bond acceptors (Lipinski definition) is 3. The number of amides is 1. The predicted molar refractivity (Wildman–Crippen MR) is 56.8 cm³/mol. The first-order chi connectivity index (χ1) is 6.66. The Labute approximate surface area is 85.9 Å². The molecular formula is C10H22N2O2. The zero-order chi connectivity index (χ0) is 10.8. The van der Waals surface area contributed by atoms with Crippen LogP contribution in [0.25, 0.3) is 0 Å². The summed E-state index contributed by atoms with van der Waals surface area (Å²) in [5.74, 6) is 0.0265. The highest BCUT2D eigenvalue weighted by Crippen LogP contribution is 2.01. The SMILES string of the molecule is C[C@H](O)CNC(=O)CCCCCCN. The first-order valence-corrected chi connectivity index (χ1v) is 5.31. The van der Waals surface area contributed by atoms with Crippen LogP contribution in [0, 0.1) is 0 Å². The standard InChI is InChI=1S/C10H22N2O2/c1-9(13)8-12-10(14)6-4-2-3-5-7-11/h9,13H,2-8,11H2,1H3,(H,12,14)/t9-/m0/s1. The van der Waals surface area contributed by atoms with Crippen LogP contribution in [0.4, 0.5) is 0 Å². The minimum absolute atomic E-state index is 0.0265. The van der Waals surface area contributed by atoms with Gasteiger partial charge in [-0.25, -0.2) is 0 Å². The van der Waals surface area contributed by atoms with Gasteiger partial charge in [-0.15, -0.1) is 0 Å². The van der Waals surface area contributed by atoms with E-state index in [0.29, 0.717) is 13.0 Å². The van der Waals surface area contributed by atoms with Crippen molar-refractivity contribution in [2.45, 2.75) is 45.1 Å². The second-order valence-electron chi connectivity index (χ2n) is 3.61. The van der Waals surface area contributed by atoms with Crippen LogP contribution in [0.2, 0.25) is 0 Å². The van der Waals surface area contributed by atoms with Crippen LogP contribution in [-0.4, -0.2) is 30.2 Å². The molecule has 0 aliphatic rings. The van der Waals surface area contributed by atoms with Crippen molar-refractivity contribution in [2.75, 3.05) is 13.1 Å². The summed E-state index contributed by atoms with van der Waals surface area (Å²) < 4.78 is 0. The Balaban J connectivity index is 3.18. The van der Waals surface area contributed by atoms with Crippen molar-refractivity contribution in [3.8, 4) is 0 Å². The van der Waals surface area contributed by atoms with Crippen LogP contribution in [-0.2, 0) is 4.79 Å². The van der Waals surface area contributed by atoms with E-state index in [2.05, 4.69) is 5.32 Å². The minimum atomic E-state index is -0.462. The number of carbonyl (C=O) groups is 1. The second-order valence-corrected chi connectivity index (χ2v) is 3.61. The quantitative estimate of drug-likeness (QED) is 0.498. The van der Waals surface area contributed by atoms with Crippen LogP contribution in [0.15, 0.2) is 0 Å². The van der Waals surface area contributed by atoms with Crippen LogP contribution in [0.5, 0.6) is 0 Å². The molecule has 1 amide bonds. The van der Waals surface area contributed by atoms with Gasteiger partial charge in [0.2, 0.25) is 5.91 Å². The predicted octanol–water partition coefficient (Wildman–Crippen LogP) is 0.393. The van der Waals surface area contributed by atoms with Crippen molar-refractivity contribution in [1.29, 1.82) is 0 Å². The fourth-order valence-electron chi connectivity index (χ4n) is 1.13. The maximum absolute atomic E-state index is 11.1. The smallest absolute Gasteiger partial charge is 0.220 e. The Bertz CT molecular complexity index is 149. The molecule has 0 spiro atoms. The van der Waals surface area contributed by atoms with Gasteiger partial charge >= 0.3 is 0 Å². The number of nitrogens with one attached hydrogen (secondary N) is 1. The number of nitrogens with two attached hydrogens (primary N) is 1. The third-order valence-corrected chi connectivity index (χ3v) is 1.95. The molecule has 0 aliphatic heterocycles. The Morgan fingerprint density at radius 1 is 1.36 bits per heavy atom. The Kier molecular flexibility index (Phi) is 8.57. The van der Waals surface area contributed by atoms with Gasteiger partial charge in [0, 0.05) is 13.0 Å². The van der Waals surface area contributed by atoms with E-state index in [1.807, 2.05) is 0 Å². The molecule has 1 atom stereocenters. The highest BCUT2D eigenvalue weighted by atomic mass is 16.3. The molecule has 0 aromatic heterocycles. The molecule has 4 heteroatoms. The second kappa shape index (κ2) is 8.97. The Hall–Kier alpha value is -0.610. The van der Waals surface area contributed by atoms with E-state index >= 15 is 0 Å². The van der Waals surface area contributed by atoms with E-state index in [-0.39, 0.29) is 5.91 Å². The fourth-order valence-corrected chi connectivity index (χ4v) is 1.13. The van der Waals surface area contributed by atoms with E-state index in [0.717, 1.165) is 32.2 Å². The lowest BCUT2D eigenvalue weighted by Gasteiger charge is -2.06. The van der Waals surface area contributed by atoms with Gasteiger partial charge in [0.15, 0.2) is 0 Å². The summed E-state index contributed by atoms with van der Waals surface area (Å²) in [5.41, 5.74) is 5.34. The number of rotatable bonds is 8. The molecule has 0 bridgehead atoms. The van der Waals surface area contributed by atoms with E-state index in [1.165, 1.54) is 0 Å². The first kappa shape index (κ1) is 13.4. The lowest BCUT2D eigenvalue weighted by molar-refractivity contribution is -0.121. The number of aliphatic hydroxyl groups is 1. The van der Waals surface area contributed by atoms with Crippen molar-refractivity contribution >= 4 is 5.91 Å². The molecule has 0 aliphatic carbocycles. The highest BCUT2D eigenvalue weighted by molar-refractivity contribution is 5.75. The van der Waals surface area contributed by atoms with E-state index in [4.69, 9.17) is 10.8 Å². The highest BCUT2D eigenvalue weighted by Gasteiger charge is 2.01. The van der Waals surface area contributed by atoms with Crippen molar-refractivity contribution in [1.82, 2.24) is 5.32 Å². The van der Waals surface area contributed by atoms with E-state index in [9.17, 15) is 4.79 Å². The molecule has 4 N–H and O–H groups in total. The average molecular weight is 202 g/mol. The summed E-state index contributed by atoms with van der Waals surface area (Å²) in [7, 11) is 0. The summed E-state index contributed by atoms with van der Waals surface area (Å²) in [4.78, 5) is 11.1. The van der Waals surface area contributed by atoms with E-state index in [1.54, 1.807) is 6.92 Å². The molecule has 0 saturated heterocycles. The average Bonchev–Trinajstić information content (AvgIpc) is 2.14. The first-order valence-electron chi connectivity index (χ1n) is 5.31. The summed E-state index contributed by atoms with van der Waals surface area (Å²) in [6.45, 7) is 2.73. The number of unbranched alkanes of at least 4 members (excludes halogenated alkanes) is 3. The summed E-state index contributed by atoms with van der Waals surface area (Å²) in [5, 5.41) is 11.6. The van der Waals surface area contributed by atoms with Gasteiger partial charge in [-0.3, -0.25) is 4.79 Å². The maximum Gasteiger partial charge on any atom is 0.220 e. The van der Waals surface area contributed by atoms with Crippen molar-refractivity contribution in [2.24, 2.45) is 5.73 Å². The molecule has 0 radical (unpaired) electrons. The lowest BCUT2D eigenvalue weighted by atomic mass is 10.1. The molecule has 14 heavy (non-hydrogen) atoms. The molecule has 0 unspecified atom stereocenters.